The van der Waals surface area contributed by atoms with Crippen molar-refractivity contribution in [3.8, 4) is 16.8 Å². The molecule has 10 heteroatoms. The van der Waals surface area contributed by atoms with Crippen LogP contribution < -0.4 is 11.1 Å². The molecule has 0 radical (unpaired) electrons. The van der Waals surface area contributed by atoms with Crippen molar-refractivity contribution in [3.63, 3.8) is 0 Å². The first kappa shape index (κ1) is 24.2. The van der Waals surface area contributed by atoms with E-state index in [4.69, 9.17) is 4.42 Å². The summed E-state index contributed by atoms with van der Waals surface area (Å²) in [6, 6.07) is 13.3. The third-order valence-corrected chi connectivity index (χ3v) is 5.96. The minimum absolute atomic E-state index is 0.0290. The molecule has 0 aliphatic carbocycles. The van der Waals surface area contributed by atoms with Crippen LogP contribution in [0.3, 0.4) is 0 Å². The summed E-state index contributed by atoms with van der Waals surface area (Å²) in [4.78, 5) is 33.4. The van der Waals surface area contributed by atoms with E-state index in [0.717, 1.165) is 40.7 Å². The van der Waals surface area contributed by atoms with E-state index >= 15 is 0 Å². The predicted octanol–water partition coefficient (Wildman–Crippen LogP) is 6.34. The minimum atomic E-state index is -4.56. The Balaban J connectivity index is 1.58. The van der Waals surface area contributed by atoms with Crippen LogP contribution >= 0.6 is 0 Å². The first-order valence-corrected chi connectivity index (χ1v) is 11.6. The number of amides is 1. The smallest absolute Gasteiger partial charge is 0.406 e. The van der Waals surface area contributed by atoms with Gasteiger partial charge in [-0.3, -0.25) is 9.78 Å². The molecule has 0 atom stereocenters. The summed E-state index contributed by atoms with van der Waals surface area (Å²) in [6.07, 6.45) is 0.557. The Morgan fingerprint density at radius 3 is 2.57 bits per heavy atom. The third-order valence-electron chi connectivity index (χ3n) is 5.96. The van der Waals surface area contributed by atoms with Gasteiger partial charge in [-0.1, -0.05) is 25.5 Å². The summed E-state index contributed by atoms with van der Waals surface area (Å²) >= 11 is 0. The second-order valence-electron chi connectivity index (χ2n) is 8.54. The summed E-state index contributed by atoms with van der Waals surface area (Å²) in [5.74, 6) is -0.490. The third kappa shape index (κ3) is 4.82. The van der Waals surface area contributed by atoms with Crippen molar-refractivity contribution in [1.82, 2.24) is 14.5 Å². The molecule has 3 heterocycles. The lowest BCUT2D eigenvalue weighted by molar-refractivity contribution is -0.137. The van der Waals surface area contributed by atoms with Crippen LogP contribution in [0.4, 0.5) is 19.0 Å². The predicted molar refractivity (Wildman–Crippen MR) is 133 cm³/mol. The summed E-state index contributed by atoms with van der Waals surface area (Å²) in [6.45, 7) is 2.01. The molecule has 0 spiro atoms. The first-order valence-electron chi connectivity index (χ1n) is 11.6. The molecule has 3 aromatic heterocycles. The van der Waals surface area contributed by atoms with Crippen molar-refractivity contribution < 1.29 is 22.4 Å². The van der Waals surface area contributed by atoms with Gasteiger partial charge in [-0.2, -0.15) is 13.2 Å². The number of carbonyl (C=O) groups is 1. The van der Waals surface area contributed by atoms with Gasteiger partial charge in [0.1, 0.15) is 11.3 Å². The molecule has 5 rings (SSSR count). The molecule has 0 saturated heterocycles. The number of oxazole rings is 1. The Kier molecular flexibility index (Phi) is 6.24. The molecule has 0 saturated carbocycles. The molecule has 0 fully saturated rings. The number of benzene rings is 2. The summed E-state index contributed by atoms with van der Waals surface area (Å²) in [5, 5.41) is 3.29. The van der Waals surface area contributed by atoms with Gasteiger partial charge < -0.3 is 9.73 Å². The fourth-order valence-corrected chi connectivity index (χ4v) is 4.11. The Morgan fingerprint density at radius 1 is 1.03 bits per heavy atom. The van der Waals surface area contributed by atoms with E-state index in [1.165, 1.54) is 18.3 Å². The molecule has 0 aliphatic rings. The Labute approximate surface area is 208 Å². The van der Waals surface area contributed by atoms with Gasteiger partial charge in [0.15, 0.2) is 5.58 Å². The SMILES string of the molecule is CCCCC(=O)Nc1ccc(-c2ccc3ncc4oc(=O)n(-c5cccc(C(F)(F)F)c5)c4c3c2)cn1. The number of alkyl halides is 3. The highest BCUT2D eigenvalue weighted by atomic mass is 19.4. The maximum absolute atomic E-state index is 13.3. The number of unbranched alkanes of at least 4 members (excludes halogenated alkanes) is 1. The van der Waals surface area contributed by atoms with Crippen LogP contribution in [0, 0.1) is 0 Å². The van der Waals surface area contributed by atoms with Crippen molar-refractivity contribution in [2.45, 2.75) is 32.4 Å². The van der Waals surface area contributed by atoms with Crippen LogP contribution in [-0.4, -0.2) is 20.4 Å². The Bertz CT molecular complexity index is 1670. The molecule has 2 aromatic carbocycles. The quantitative estimate of drug-likeness (QED) is 0.290. The number of pyridine rings is 2. The van der Waals surface area contributed by atoms with Gasteiger partial charge in [-0.25, -0.2) is 14.3 Å². The highest BCUT2D eigenvalue weighted by Crippen LogP contribution is 2.33. The monoisotopic (exact) mass is 506 g/mol. The number of carbonyl (C=O) groups excluding carboxylic acids is 1. The van der Waals surface area contributed by atoms with E-state index in [1.807, 2.05) is 13.0 Å². The molecule has 0 unspecified atom stereocenters. The molecular weight excluding hydrogens is 485 g/mol. The van der Waals surface area contributed by atoms with Crippen LogP contribution in [0.5, 0.6) is 0 Å². The van der Waals surface area contributed by atoms with Crippen molar-refractivity contribution in [1.29, 1.82) is 0 Å². The molecule has 5 aromatic rings. The highest BCUT2D eigenvalue weighted by molar-refractivity contribution is 6.03. The van der Waals surface area contributed by atoms with E-state index in [0.29, 0.717) is 28.7 Å². The van der Waals surface area contributed by atoms with Crippen molar-refractivity contribution >= 4 is 33.7 Å². The highest BCUT2D eigenvalue weighted by Gasteiger charge is 2.31. The van der Waals surface area contributed by atoms with Crippen LogP contribution in [0.25, 0.3) is 38.8 Å². The number of hydrogen-bond donors (Lipinski definition) is 1. The summed E-state index contributed by atoms with van der Waals surface area (Å²) in [7, 11) is 0. The molecule has 0 bridgehead atoms. The van der Waals surface area contributed by atoms with Crippen molar-refractivity contribution in [2.24, 2.45) is 0 Å². The van der Waals surface area contributed by atoms with Crippen LogP contribution in [0.15, 0.2) is 76.2 Å². The lowest BCUT2D eigenvalue weighted by Gasteiger charge is -2.10. The zero-order valence-electron chi connectivity index (χ0n) is 19.7. The number of nitrogens with one attached hydrogen (secondary N) is 1. The molecule has 7 nitrogen and oxygen atoms in total. The number of hydrogen-bond acceptors (Lipinski definition) is 5. The van der Waals surface area contributed by atoms with Gasteiger partial charge in [0.05, 0.1) is 23.0 Å². The minimum Gasteiger partial charge on any atom is -0.406 e. The number of aromatic nitrogens is 3. The van der Waals surface area contributed by atoms with E-state index < -0.39 is 17.5 Å². The van der Waals surface area contributed by atoms with E-state index in [9.17, 15) is 22.8 Å². The number of anilines is 1. The molecule has 1 N–H and O–H groups in total. The van der Waals surface area contributed by atoms with Gasteiger partial charge in [0, 0.05) is 23.6 Å². The summed E-state index contributed by atoms with van der Waals surface area (Å²) in [5.41, 5.74) is 1.62. The van der Waals surface area contributed by atoms with Gasteiger partial charge in [0.25, 0.3) is 0 Å². The summed E-state index contributed by atoms with van der Waals surface area (Å²) < 4.78 is 46.4. The van der Waals surface area contributed by atoms with E-state index in [2.05, 4.69) is 15.3 Å². The largest absolute Gasteiger partial charge is 0.424 e. The standard InChI is InChI=1S/C27H21F3N4O3/c1-2-3-7-24(35)33-23-11-9-17(14-32-23)16-8-10-21-20(12-16)25-22(15-31-21)37-26(36)34(25)19-6-4-5-18(13-19)27(28,29)30/h4-6,8-15H,2-3,7H2,1H3,(H,32,33,35). The van der Waals surface area contributed by atoms with E-state index in [1.54, 1.807) is 30.5 Å². The maximum Gasteiger partial charge on any atom is 0.424 e. The molecule has 188 valence electrons. The van der Waals surface area contributed by atoms with Gasteiger partial charge in [0.2, 0.25) is 5.91 Å². The number of nitrogens with zero attached hydrogens (tertiary/aromatic N) is 3. The van der Waals surface area contributed by atoms with Crippen molar-refractivity contribution in [2.75, 3.05) is 5.32 Å². The van der Waals surface area contributed by atoms with Crippen LogP contribution in [-0.2, 0) is 11.0 Å². The number of halogens is 3. The van der Waals surface area contributed by atoms with Crippen LogP contribution in [0.2, 0.25) is 0 Å². The number of rotatable bonds is 6. The second-order valence-corrected chi connectivity index (χ2v) is 8.54. The number of fused-ring (bicyclic) bond motifs is 3. The molecule has 37 heavy (non-hydrogen) atoms. The lowest BCUT2D eigenvalue weighted by Crippen LogP contribution is -2.13. The lowest BCUT2D eigenvalue weighted by atomic mass is 10.0. The molecule has 0 aliphatic heterocycles. The normalized spacial score (nSPS) is 11.8. The first-order chi connectivity index (χ1) is 17.7. The fraction of sp³-hybridized carbons (Fsp3) is 0.185. The van der Waals surface area contributed by atoms with E-state index in [-0.39, 0.29) is 17.2 Å². The Morgan fingerprint density at radius 2 is 1.84 bits per heavy atom. The molecule has 1 amide bonds. The zero-order chi connectivity index (χ0) is 26.2. The topological polar surface area (TPSA) is 90.0 Å². The average Bonchev–Trinajstić information content (AvgIpc) is 3.23. The van der Waals surface area contributed by atoms with Crippen molar-refractivity contribution in [3.05, 3.63) is 83.1 Å². The second kappa shape index (κ2) is 9.53. The Hall–Kier alpha value is -4.47. The van der Waals surface area contributed by atoms with Crippen LogP contribution in [0.1, 0.15) is 31.7 Å². The van der Waals surface area contributed by atoms with Gasteiger partial charge in [-0.05, 0) is 54.4 Å². The average molecular weight is 506 g/mol. The van der Waals surface area contributed by atoms with Gasteiger partial charge >= 0.3 is 11.9 Å². The molecular formula is C27H21F3N4O3. The van der Waals surface area contributed by atoms with Gasteiger partial charge in [-0.15, -0.1) is 0 Å². The fourth-order valence-electron chi connectivity index (χ4n) is 4.11. The zero-order valence-corrected chi connectivity index (χ0v) is 19.7. The maximum atomic E-state index is 13.3.